The van der Waals surface area contributed by atoms with Gasteiger partial charge < -0.3 is 15.3 Å². The lowest BCUT2D eigenvalue weighted by Gasteiger charge is -2.03. The van der Waals surface area contributed by atoms with Gasteiger partial charge in [0.15, 0.2) is 0 Å². The van der Waals surface area contributed by atoms with Crippen LogP contribution in [-0.4, -0.2) is 33.2 Å². The van der Waals surface area contributed by atoms with Crippen LogP contribution in [0.2, 0.25) is 0 Å². The molecular formula is C54H108O6. The summed E-state index contributed by atoms with van der Waals surface area (Å²) < 4.78 is 0. The van der Waals surface area contributed by atoms with Crippen LogP contribution in [0.5, 0.6) is 0 Å². The fraction of sp³-hybridized carbons (Fsp3) is 0.944. The average molecular weight is 853 g/mol. The number of hydrogen-bond donors (Lipinski definition) is 3. The molecular weight excluding hydrogens is 745 g/mol. The van der Waals surface area contributed by atoms with Crippen molar-refractivity contribution in [1.82, 2.24) is 0 Å². The molecule has 0 aromatic carbocycles. The Kier molecular flexibility index (Phi) is 62.2. The fourth-order valence-electron chi connectivity index (χ4n) is 7.94. The molecule has 0 aliphatic rings. The summed E-state index contributed by atoms with van der Waals surface area (Å²) in [6.45, 7) is 6.80. The molecule has 0 atom stereocenters. The van der Waals surface area contributed by atoms with Crippen molar-refractivity contribution in [3.8, 4) is 0 Å². The van der Waals surface area contributed by atoms with Gasteiger partial charge in [0.2, 0.25) is 0 Å². The first kappa shape index (κ1) is 62.7. The maximum atomic E-state index is 10.4. The second-order valence-electron chi connectivity index (χ2n) is 18.3. The first-order valence-electron chi connectivity index (χ1n) is 27.0. The molecule has 6 heteroatoms. The molecule has 0 saturated carbocycles. The Morgan fingerprint density at radius 1 is 0.200 bits per heavy atom. The SMILES string of the molecule is CCCCCCCCCCCCCC(=O)O.CCCCCCCCCCCCCCCCCC(=O)O.CCCCCCCCCCCCCCCCCCCCCC(=O)O. The number of hydrogen-bond acceptors (Lipinski definition) is 3. The summed E-state index contributed by atoms with van der Waals surface area (Å²) in [5, 5.41) is 25.5. The standard InChI is InChI=1S/C22H44O2.C18H36O2.C14H28O2/c1-2-3-4-5-6-7-8-9-10-11-12-13-14-15-16-17-18-19-20-21-22(23)24;1-2-3-4-5-6-7-8-9-10-11-12-13-14-15-16-17-18(19)20;1-2-3-4-5-6-7-8-9-10-11-12-13-14(15)16/h2-21H2,1H3,(H,23,24);2-17H2,1H3,(H,19,20);2-13H2,1H3,(H,15,16). The molecule has 0 aliphatic carbocycles. The van der Waals surface area contributed by atoms with E-state index in [4.69, 9.17) is 15.3 Å². The van der Waals surface area contributed by atoms with Crippen molar-refractivity contribution >= 4 is 17.9 Å². The molecule has 360 valence electrons. The second-order valence-corrected chi connectivity index (χ2v) is 18.3. The van der Waals surface area contributed by atoms with Crippen LogP contribution in [-0.2, 0) is 14.4 Å². The Morgan fingerprint density at radius 3 is 0.400 bits per heavy atom. The second kappa shape index (κ2) is 59.5. The fourth-order valence-corrected chi connectivity index (χ4v) is 7.94. The summed E-state index contributed by atoms with van der Waals surface area (Å²) in [5.41, 5.74) is 0. The number of carboxylic acid groups (broad SMARTS) is 3. The molecule has 0 spiro atoms. The Bertz CT molecular complexity index is 814. The van der Waals surface area contributed by atoms with Gasteiger partial charge in [0.25, 0.3) is 0 Å². The normalized spacial score (nSPS) is 10.8. The topological polar surface area (TPSA) is 112 Å². The van der Waals surface area contributed by atoms with E-state index in [1.54, 1.807) is 0 Å². The van der Waals surface area contributed by atoms with Crippen LogP contribution >= 0.6 is 0 Å². The molecule has 0 fully saturated rings. The van der Waals surface area contributed by atoms with E-state index in [-0.39, 0.29) is 0 Å². The van der Waals surface area contributed by atoms with Crippen molar-refractivity contribution < 1.29 is 29.7 Å². The highest BCUT2D eigenvalue weighted by Crippen LogP contribution is 2.16. The van der Waals surface area contributed by atoms with Gasteiger partial charge in [-0.1, -0.05) is 290 Å². The molecule has 0 unspecified atom stereocenters. The number of rotatable bonds is 48. The van der Waals surface area contributed by atoms with E-state index in [2.05, 4.69) is 20.8 Å². The van der Waals surface area contributed by atoms with Crippen LogP contribution in [0.15, 0.2) is 0 Å². The molecule has 0 bridgehead atoms. The van der Waals surface area contributed by atoms with Crippen molar-refractivity contribution in [2.24, 2.45) is 0 Å². The maximum absolute atomic E-state index is 10.4. The van der Waals surface area contributed by atoms with Crippen molar-refractivity contribution in [2.75, 3.05) is 0 Å². The lowest BCUT2D eigenvalue weighted by Crippen LogP contribution is -1.93. The third-order valence-corrected chi connectivity index (χ3v) is 12.0. The number of aliphatic carboxylic acids is 3. The largest absolute Gasteiger partial charge is 0.481 e. The van der Waals surface area contributed by atoms with Crippen molar-refractivity contribution in [3.63, 3.8) is 0 Å². The van der Waals surface area contributed by atoms with Gasteiger partial charge in [0.05, 0.1) is 0 Å². The molecule has 0 radical (unpaired) electrons. The molecule has 0 saturated heterocycles. The zero-order valence-corrected chi connectivity index (χ0v) is 41.0. The van der Waals surface area contributed by atoms with E-state index in [1.165, 1.54) is 250 Å². The van der Waals surface area contributed by atoms with E-state index >= 15 is 0 Å². The zero-order chi connectivity index (χ0) is 44.7. The number of carboxylic acids is 3. The molecule has 3 N–H and O–H groups in total. The molecule has 0 heterocycles. The summed E-state index contributed by atoms with van der Waals surface area (Å²) >= 11 is 0. The van der Waals surface area contributed by atoms with Gasteiger partial charge in [-0.2, -0.15) is 0 Å². The molecule has 0 aromatic rings. The molecule has 0 aliphatic heterocycles. The number of carbonyl (C=O) groups is 3. The van der Waals surface area contributed by atoms with Crippen LogP contribution < -0.4 is 0 Å². The van der Waals surface area contributed by atoms with E-state index in [0.717, 1.165) is 38.5 Å². The first-order chi connectivity index (χ1) is 29.3. The lowest BCUT2D eigenvalue weighted by atomic mass is 10.0. The van der Waals surface area contributed by atoms with Crippen molar-refractivity contribution in [3.05, 3.63) is 0 Å². The minimum atomic E-state index is -0.657. The molecule has 60 heavy (non-hydrogen) atoms. The molecule has 0 aromatic heterocycles. The predicted molar refractivity (Wildman–Crippen MR) is 262 cm³/mol. The molecule has 6 nitrogen and oxygen atoms in total. The van der Waals surface area contributed by atoms with Crippen molar-refractivity contribution in [2.45, 2.75) is 329 Å². The van der Waals surface area contributed by atoms with Gasteiger partial charge >= 0.3 is 17.9 Å². The van der Waals surface area contributed by atoms with Crippen LogP contribution in [0.3, 0.4) is 0 Å². The summed E-state index contributed by atoms with van der Waals surface area (Å²) in [6.07, 6.45) is 60.7. The Morgan fingerprint density at radius 2 is 0.300 bits per heavy atom. The van der Waals surface area contributed by atoms with Gasteiger partial charge in [-0.05, 0) is 19.3 Å². The van der Waals surface area contributed by atoms with E-state index in [9.17, 15) is 14.4 Å². The Balaban J connectivity index is -0.000000829. The minimum Gasteiger partial charge on any atom is -0.481 e. The third-order valence-electron chi connectivity index (χ3n) is 12.0. The summed E-state index contributed by atoms with van der Waals surface area (Å²) in [4.78, 5) is 31.0. The molecule has 0 rings (SSSR count). The van der Waals surface area contributed by atoms with Crippen molar-refractivity contribution in [1.29, 1.82) is 0 Å². The highest BCUT2D eigenvalue weighted by atomic mass is 16.4. The van der Waals surface area contributed by atoms with Crippen LogP contribution in [0.25, 0.3) is 0 Å². The first-order valence-corrected chi connectivity index (χ1v) is 27.0. The number of unbranched alkanes of at least 4 members (excludes halogenated alkanes) is 42. The average Bonchev–Trinajstić information content (AvgIpc) is 3.22. The van der Waals surface area contributed by atoms with Gasteiger partial charge in [-0.25, -0.2) is 0 Å². The maximum Gasteiger partial charge on any atom is 0.303 e. The van der Waals surface area contributed by atoms with Crippen LogP contribution in [0.1, 0.15) is 329 Å². The monoisotopic (exact) mass is 853 g/mol. The Hall–Kier alpha value is -1.59. The van der Waals surface area contributed by atoms with E-state index in [0.29, 0.717) is 19.3 Å². The quantitative estimate of drug-likeness (QED) is 0.0526. The molecule has 0 amide bonds. The zero-order valence-electron chi connectivity index (χ0n) is 41.0. The minimum absolute atomic E-state index is 0.344. The summed E-state index contributed by atoms with van der Waals surface area (Å²) in [5.74, 6) is -1.96. The van der Waals surface area contributed by atoms with Gasteiger partial charge in [0, 0.05) is 19.3 Å². The van der Waals surface area contributed by atoms with E-state index < -0.39 is 17.9 Å². The lowest BCUT2D eigenvalue weighted by molar-refractivity contribution is -0.138. The Labute approximate surface area is 375 Å². The highest BCUT2D eigenvalue weighted by Gasteiger charge is 2.00. The highest BCUT2D eigenvalue weighted by molar-refractivity contribution is 5.67. The van der Waals surface area contributed by atoms with Crippen LogP contribution in [0, 0.1) is 0 Å². The smallest absolute Gasteiger partial charge is 0.303 e. The van der Waals surface area contributed by atoms with E-state index in [1.807, 2.05) is 0 Å². The third kappa shape index (κ3) is 70.9. The van der Waals surface area contributed by atoms with Gasteiger partial charge in [0.1, 0.15) is 0 Å². The summed E-state index contributed by atoms with van der Waals surface area (Å²) in [6, 6.07) is 0. The van der Waals surface area contributed by atoms with Gasteiger partial charge in [-0.15, -0.1) is 0 Å². The predicted octanol–water partition coefficient (Wildman–Crippen LogP) is 19.0. The van der Waals surface area contributed by atoms with Crippen LogP contribution in [0.4, 0.5) is 0 Å². The summed E-state index contributed by atoms with van der Waals surface area (Å²) in [7, 11) is 0. The van der Waals surface area contributed by atoms with Gasteiger partial charge in [-0.3, -0.25) is 14.4 Å².